The van der Waals surface area contributed by atoms with E-state index in [4.69, 9.17) is 4.74 Å². The molecule has 1 amide bonds. The molecule has 5 heteroatoms. The number of nitrogens with zero attached hydrogens (tertiary/aromatic N) is 2. The molecular formula is C21H34N2O3. The Morgan fingerprint density at radius 3 is 2.42 bits per heavy atom. The second-order valence-corrected chi connectivity index (χ2v) is 8.69. The van der Waals surface area contributed by atoms with Gasteiger partial charge in [-0.2, -0.15) is 0 Å². The van der Waals surface area contributed by atoms with Crippen LogP contribution in [0.1, 0.15) is 67.2 Å². The highest BCUT2D eigenvalue weighted by Crippen LogP contribution is 2.32. The molecule has 0 aromatic carbocycles. The molecule has 2 rings (SSSR count). The second kappa shape index (κ2) is 8.28. The smallest absolute Gasteiger partial charge is 0.410 e. The summed E-state index contributed by atoms with van der Waals surface area (Å²) in [5.41, 5.74) is 2.21. The predicted molar refractivity (Wildman–Crippen MR) is 104 cm³/mol. The fraction of sp³-hybridized carbons (Fsp3) is 0.714. The van der Waals surface area contributed by atoms with Gasteiger partial charge in [0, 0.05) is 30.9 Å². The molecule has 26 heavy (non-hydrogen) atoms. The molecular weight excluding hydrogens is 328 g/mol. The van der Waals surface area contributed by atoms with Crippen LogP contribution in [0.5, 0.6) is 0 Å². The normalized spacial score (nSPS) is 20.5. The van der Waals surface area contributed by atoms with E-state index in [9.17, 15) is 9.59 Å². The summed E-state index contributed by atoms with van der Waals surface area (Å²) in [4.78, 5) is 28.4. The maximum Gasteiger partial charge on any atom is 0.410 e. The van der Waals surface area contributed by atoms with Crippen LogP contribution in [0.25, 0.3) is 0 Å². The number of allylic oxidation sites excluding steroid dienone is 3. The van der Waals surface area contributed by atoms with Crippen LogP contribution in [-0.4, -0.2) is 46.4 Å². The Balaban J connectivity index is 2.11. The van der Waals surface area contributed by atoms with Gasteiger partial charge in [0.25, 0.3) is 0 Å². The molecule has 0 spiro atoms. The highest BCUT2D eigenvalue weighted by atomic mass is 16.6. The van der Waals surface area contributed by atoms with Crippen molar-refractivity contribution in [2.75, 3.05) is 13.1 Å². The Labute approximate surface area is 158 Å². The minimum absolute atomic E-state index is 0.00778. The Morgan fingerprint density at radius 2 is 1.92 bits per heavy atom. The predicted octanol–water partition coefficient (Wildman–Crippen LogP) is 4.49. The molecule has 0 bridgehead atoms. The molecule has 1 atom stereocenters. The summed E-state index contributed by atoms with van der Waals surface area (Å²) in [5, 5.41) is 0. The zero-order chi connectivity index (χ0) is 19.5. The number of ether oxygens (including phenoxy) is 1. The highest BCUT2D eigenvalue weighted by Gasteiger charge is 2.33. The van der Waals surface area contributed by atoms with Crippen molar-refractivity contribution in [2.24, 2.45) is 5.92 Å². The summed E-state index contributed by atoms with van der Waals surface area (Å²) >= 11 is 0. The van der Waals surface area contributed by atoms with Crippen molar-refractivity contribution >= 4 is 11.9 Å². The first-order valence-corrected chi connectivity index (χ1v) is 9.75. The summed E-state index contributed by atoms with van der Waals surface area (Å²) in [6.07, 6.45) is 7.74. The lowest BCUT2D eigenvalue weighted by Gasteiger charge is -2.33. The Bertz CT molecular complexity index is 593. The van der Waals surface area contributed by atoms with Crippen LogP contribution >= 0.6 is 0 Å². The first-order chi connectivity index (χ1) is 12.1. The van der Waals surface area contributed by atoms with Crippen LogP contribution in [0.2, 0.25) is 0 Å². The van der Waals surface area contributed by atoms with Gasteiger partial charge in [-0.05, 0) is 59.5 Å². The quantitative estimate of drug-likeness (QED) is 0.676. The van der Waals surface area contributed by atoms with E-state index in [1.807, 2.05) is 40.8 Å². The fourth-order valence-electron chi connectivity index (χ4n) is 3.21. The number of carbonyl (C=O) groups is 2. The van der Waals surface area contributed by atoms with E-state index in [1.165, 1.54) is 17.7 Å². The van der Waals surface area contributed by atoms with Gasteiger partial charge in [0.15, 0.2) is 5.78 Å². The number of carbonyl (C=O) groups excluding carboxylic acids is 2. The van der Waals surface area contributed by atoms with Crippen molar-refractivity contribution in [3.8, 4) is 0 Å². The molecule has 146 valence electrons. The van der Waals surface area contributed by atoms with Crippen molar-refractivity contribution in [1.29, 1.82) is 0 Å². The van der Waals surface area contributed by atoms with Gasteiger partial charge in [-0.1, -0.05) is 19.4 Å². The Hall–Kier alpha value is -1.78. The lowest BCUT2D eigenvalue weighted by Crippen LogP contribution is -2.38. The molecule has 0 N–H and O–H groups in total. The monoisotopic (exact) mass is 362 g/mol. The largest absolute Gasteiger partial charge is 0.444 e. The number of hydrogen-bond donors (Lipinski definition) is 0. The molecule has 1 aliphatic heterocycles. The lowest BCUT2D eigenvalue weighted by atomic mass is 9.90. The summed E-state index contributed by atoms with van der Waals surface area (Å²) in [6, 6.07) is 0.187. The highest BCUT2D eigenvalue weighted by molar-refractivity contribution is 5.91. The van der Waals surface area contributed by atoms with E-state index < -0.39 is 5.60 Å². The van der Waals surface area contributed by atoms with Crippen LogP contribution in [-0.2, 0) is 9.53 Å². The molecule has 5 nitrogen and oxygen atoms in total. The van der Waals surface area contributed by atoms with E-state index in [2.05, 4.69) is 11.8 Å². The topological polar surface area (TPSA) is 49.9 Å². The van der Waals surface area contributed by atoms with E-state index in [0.717, 1.165) is 19.3 Å². The standard InChI is InChI=1S/C21H34N2O3/c1-15(2)19(24)11-13-23(16(3)17-8-7-9-17)18-10-12-22(14-18)20(25)26-21(4,5)6/h11,13,15,18H,7-10,12,14H2,1-6H3/b13-11-. The van der Waals surface area contributed by atoms with Crippen molar-refractivity contribution in [1.82, 2.24) is 9.80 Å². The van der Waals surface area contributed by atoms with Crippen LogP contribution in [0, 0.1) is 5.92 Å². The van der Waals surface area contributed by atoms with Gasteiger partial charge < -0.3 is 14.5 Å². The summed E-state index contributed by atoms with van der Waals surface area (Å²) < 4.78 is 5.50. The zero-order valence-corrected chi connectivity index (χ0v) is 17.2. The minimum atomic E-state index is -0.484. The van der Waals surface area contributed by atoms with Gasteiger partial charge in [-0.3, -0.25) is 4.79 Å². The molecule has 1 heterocycles. The number of amides is 1. The summed E-state index contributed by atoms with van der Waals surface area (Å²) in [6.45, 7) is 12.9. The van der Waals surface area contributed by atoms with Crippen LogP contribution < -0.4 is 0 Å². The SMILES string of the molecule is CC(=C1CCC1)N(/C=C\C(=O)C(C)C)C1CCN(C(=O)OC(C)(C)C)C1. The number of hydrogen-bond acceptors (Lipinski definition) is 4. The minimum Gasteiger partial charge on any atom is -0.444 e. The van der Waals surface area contributed by atoms with E-state index in [-0.39, 0.29) is 23.8 Å². The average molecular weight is 363 g/mol. The third-order valence-corrected chi connectivity index (χ3v) is 5.03. The second-order valence-electron chi connectivity index (χ2n) is 8.69. The average Bonchev–Trinajstić information content (AvgIpc) is 2.93. The molecule has 0 radical (unpaired) electrons. The Kier molecular flexibility index (Phi) is 6.53. The number of rotatable bonds is 5. The molecule has 2 fully saturated rings. The van der Waals surface area contributed by atoms with Gasteiger partial charge in [0.2, 0.25) is 0 Å². The van der Waals surface area contributed by atoms with Crippen molar-refractivity contribution < 1.29 is 14.3 Å². The molecule has 1 unspecified atom stereocenters. The van der Waals surface area contributed by atoms with Crippen molar-refractivity contribution in [3.63, 3.8) is 0 Å². The van der Waals surface area contributed by atoms with E-state index in [0.29, 0.717) is 13.1 Å². The maximum atomic E-state index is 12.4. The van der Waals surface area contributed by atoms with Crippen LogP contribution in [0.3, 0.4) is 0 Å². The molecule has 0 aromatic rings. The fourth-order valence-corrected chi connectivity index (χ4v) is 3.21. The van der Waals surface area contributed by atoms with Gasteiger partial charge in [-0.25, -0.2) is 4.79 Å². The first kappa shape index (κ1) is 20.5. The first-order valence-electron chi connectivity index (χ1n) is 9.75. The third kappa shape index (κ3) is 5.36. The van der Waals surface area contributed by atoms with Gasteiger partial charge in [0.05, 0.1) is 6.04 Å². The van der Waals surface area contributed by atoms with Gasteiger partial charge >= 0.3 is 6.09 Å². The number of likely N-dealkylation sites (tertiary alicyclic amines) is 1. The molecule has 2 aliphatic rings. The van der Waals surface area contributed by atoms with Crippen molar-refractivity contribution in [2.45, 2.75) is 78.9 Å². The van der Waals surface area contributed by atoms with Crippen molar-refractivity contribution in [3.05, 3.63) is 23.5 Å². The van der Waals surface area contributed by atoms with Crippen LogP contribution in [0.4, 0.5) is 4.79 Å². The van der Waals surface area contributed by atoms with E-state index in [1.54, 1.807) is 11.0 Å². The molecule has 1 saturated heterocycles. The Morgan fingerprint density at radius 1 is 1.27 bits per heavy atom. The molecule has 1 saturated carbocycles. The molecule has 0 aromatic heterocycles. The van der Waals surface area contributed by atoms with Gasteiger partial charge in [0.1, 0.15) is 5.60 Å². The third-order valence-electron chi connectivity index (χ3n) is 5.03. The summed E-state index contributed by atoms with van der Waals surface area (Å²) in [7, 11) is 0. The summed E-state index contributed by atoms with van der Waals surface area (Å²) in [5.74, 6) is 0.120. The van der Waals surface area contributed by atoms with Gasteiger partial charge in [-0.15, -0.1) is 0 Å². The van der Waals surface area contributed by atoms with Crippen LogP contribution in [0.15, 0.2) is 23.5 Å². The maximum absolute atomic E-state index is 12.4. The van der Waals surface area contributed by atoms with E-state index >= 15 is 0 Å². The lowest BCUT2D eigenvalue weighted by molar-refractivity contribution is -0.117. The number of ketones is 1. The molecule has 1 aliphatic carbocycles. The zero-order valence-electron chi connectivity index (χ0n) is 17.2.